The molecule has 1 atom stereocenters. The molecule has 1 heterocycles. The lowest BCUT2D eigenvalue weighted by atomic mass is 10.0. The molecule has 108 valence electrons. The number of hydrogen-bond donors (Lipinski definition) is 1. The van der Waals surface area contributed by atoms with Gasteiger partial charge in [-0.15, -0.1) is 0 Å². The number of nitrogens with one attached hydrogen (secondary N) is 1. The van der Waals surface area contributed by atoms with E-state index in [0.717, 1.165) is 22.5 Å². The molecule has 0 aliphatic heterocycles. The van der Waals surface area contributed by atoms with E-state index in [2.05, 4.69) is 53.6 Å². The van der Waals surface area contributed by atoms with E-state index in [1.165, 1.54) is 28.2 Å². The van der Waals surface area contributed by atoms with E-state index in [0.29, 0.717) is 6.04 Å². The van der Waals surface area contributed by atoms with Crippen LogP contribution in [0.3, 0.4) is 0 Å². The van der Waals surface area contributed by atoms with Gasteiger partial charge in [0.25, 0.3) is 0 Å². The summed E-state index contributed by atoms with van der Waals surface area (Å²) < 4.78 is 5.28. The minimum absolute atomic E-state index is 0.355. The number of hydrogen-bond acceptors (Lipinski definition) is 5. The Morgan fingerprint density at radius 2 is 2.05 bits per heavy atom. The highest BCUT2D eigenvalue weighted by molar-refractivity contribution is 8.00. The number of aryl methyl sites for hydroxylation is 3. The highest BCUT2D eigenvalue weighted by Gasteiger charge is 2.13. The van der Waals surface area contributed by atoms with Gasteiger partial charge in [0.2, 0.25) is 0 Å². The van der Waals surface area contributed by atoms with Crippen molar-refractivity contribution in [3.63, 3.8) is 0 Å². The van der Waals surface area contributed by atoms with Gasteiger partial charge in [-0.05, 0) is 55.5 Å². The van der Waals surface area contributed by atoms with E-state index in [9.17, 15) is 0 Å². The molecule has 3 nitrogen and oxygen atoms in total. The second-order valence-electron chi connectivity index (χ2n) is 4.87. The fraction of sp³-hybridized carbons (Fsp3) is 0.467. The Kier molecular flexibility index (Phi) is 5.57. The molecule has 1 aromatic heterocycles. The number of benzene rings is 1. The molecule has 0 aliphatic rings. The topological polar surface area (TPSA) is 37.8 Å². The maximum absolute atomic E-state index is 4.41. The van der Waals surface area contributed by atoms with E-state index < -0.39 is 0 Å². The monoisotopic (exact) mass is 307 g/mol. The van der Waals surface area contributed by atoms with Gasteiger partial charge in [0.05, 0.1) is 0 Å². The van der Waals surface area contributed by atoms with Gasteiger partial charge in [0.15, 0.2) is 4.34 Å². The smallest absolute Gasteiger partial charge is 0.170 e. The Balaban J connectivity index is 2.07. The van der Waals surface area contributed by atoms with Crippen LogP contribution in [0.2, 0.25) is 0 Å². The molecular formula is C15H21N3S2. The van der Waals surface area contributed by atoms with Crippen molar-refractivity contribution in [2.24, 2.45) is 0 Å². The van der Waals surface area contributed by atoms with Crippen molar-refractivity contribution in [1.82, 2.24) is 14.7 Å². The molecule has 0 bridgehead atoms. The maximum Gasteiger partial charge on any atom is 0.170 e. The zero-order chi connectivity index (χ0) is 14.5. The number of thioether (sulfide) groups is 1. The van der Waals surface area contributed by atoms with Crippen LogP contribution in [0.4, 0.5) is 0 Å². The standard InChI is InChI=1S/C15H21N3S2/c1-5-16-14(9-19-15-17-12(4)18-20-15)13-7-6-10(2)11(3)8-13/h6-8,14,16H,5,9H2,1-4H3. The van der Waals surface area contributed by atoms with Crippen molar-refractivity contribution in [3.05, 3.63) is 40.7 Å². The van der Waals surface area contributed by atoms with Crippen molar-refractivity contribution >= 4 is 23.3 Å². The molecule has 1 aromatic carbocycles. The Labute approximate surface area is 129 Å². The van der Waals surface area contributed by atoms with Crippen LogP contribution in [0.15, 0.2) is 22.5 Å². The zero-order valence-corrected chi connectivity index (χ0v) is 14.1. The fourth-order valence-corrected chi connectivity index (χ4v) is 3.76. The average molecular weight is 307 g/mol. The summed E-state index contributed by atoms with van der Waals surface area (Å²) in [5.74, 6) is 1.84. The molecular weight excluding hydrogens is 286 g/mol. The van der Waals surface area contributed by atoms with Crippen molar-refractivity contribution < 1.29 is 0 Å². The van der Waals surface area contributed by atoms with Crippen LogP contribution >= 0.6 is 23.3 Å². The minimum atomic E-state index is 0.355. The molecule has 1 N–H and O–H groups in total. The number of nitrogens with zero attached hydrogens (tertiary/aromatic N) is 2. The van der Waals surface area contributed by atoms with Crippen LogP contribution in [0.5, 0.6) is 0 Å². The fourth-order valence-electron chi connectivity index (χ4n) is 1.99. The van der Waals surface area contributed by atoms with Crippen molar-refractivity contribution in [2.45, 2.75) is 38.1 Å². The molecule has 0 amide bonds. The van der Waals surface area contributed by atoms with E-state index in [4.69, 9.17) is 0 Å². The van der Waals surface area contributed by atoms with Gasteiger partial charge in [-0.2, -0.15) is 4.37 Å². The third-order valence-corrected chi connectivity index (χ3v) is 5.28. The molecule has 0 aliphatic carbocycles. The highest BCUT2D eigenvalue weighted by atomic mass is 32.2. The first-order valence-electron chi connectivity index (χ1n) is 6.83. The number of rotatable bonds is 6. The van der Waals surface area contributed by atoms with Gasteiger partial charge < -0.3 is 5.32 Å². The molecule has 20 heavy (non-hydrogen) atoms. The number of aromatic nitrogens is 2. The Bertz CT molecular complexity index is 566. The molecule has 2 rings (SSSR count). The van der Waals surface area contributed by atoms with Crippen LogP contribution in [-0.2, 0) is 0 Å². The average Bonchev–Trinajstić information content (AvgIpc) is 2.84. The molecule has 0 saturated heterocycles. The summed E-state index contributed by atoms with van der Waals surface area (Å²) in [6.45, 7) is 9.37. The summed E-state index contributed by atoms with van der Waals surface area (Å²) in [7, 11) is 0. The lowest BCUT2D eigenvalue weighted by molar-refractivity contribution is 0.605. The largest absolute Gasteiger partial charge is 0.309 e. The van der Waals surface area contributed by atoms with Crippen LogP contribution < -0.4 is 5.32 Å². The van der Waals surface area contributed by atoms with Gasteiger partial charge >= 0.3 is 0 Å². The summed E-state index contributed by atoms with van der Waals surface area (Å²) in [4.78, 5) is 4.41. The first-order chi connectivity index (χ1) is 9.60. The SMILES string of the molecule is CCNC(CSc1nc(C)ns1)c1ccc(C)c(C)c1. The molecule has 0 radical (unpaired) electrons. The summed E-state index contributed by atoms with van der Waals surface area (Å²) >= 11 is 3.26. The van der Waals surface area contributed by atoms with Crippen LogP contribution in [0, 0.1) is 20.8 Å². The van der Waals surface area contributed by atoms with E-state index in [1.54, 1.807) is 11.8 Å². The quantitative estimate of drug-likeness (QED) is 0.821. The molecule has 0 fully saturated rings. The Hall–Kier alpha value is -0.910. The van der Waals surface area contributed by atoms with Crippen molar-refractivity contribution in [3.8, 4) is 0 Å². The molecule has 2 aromatic rings. The lowest BCUT2D eigenvalue weighted by Gasteiger charge is -2.18. The normalized spacial score (nSPS) is 12.6. The molecule has 1 unspecified atom stereocenters. The van der Waals surface area contributed by atoms with Gasteiger partial charge in [-0.1, -0.05) is 36.9 Å². The van der Waals surface area contributed by atoms with Crippen LogP contribution in [-0.4, -0.2) is 21.7 Å². The Morgan fingerprint density at radius 3 is 2.65 bits per heavy atom. The third-order valence-electron chi connectivity index (χ3n) is 3.27. The molecule has 5 heteroatoms. The molecule has 0 saturated carbocycles. The Morgan fingerprint density at radius 1 is 1.25 bits per heavy atom. The predicted octanol–water partition coefficient (Wildman–Crippen LogP) is 3.91. The van der Waals surface area contributed by atoms with Crippen LogP contribution in [0.1, 0.15) is 35.5 Å². The van der Waals surface area contributed by atoms with Gasteiger partial charge in [-0.3, -0.25) is 0 Å². The first-order valence-corrected chi connectivity index (χ1v) is 8.59. The van der Waals surface area contributed by atoms with Crippen LogP contribution in [0.25, 0.3) is 0 Å². The zero-order valence-electron chi connectivity index (χ0n) is 12.4. The molecule has 0 spiro atoms. The third kappa shape index (κ3) is 4.04. The minimum Gasteiger partial charge on any atom is -0.309 e. The lowest BCUT2D eigenvalue weighted by Crippen LogP contribution is -2.23. The predicted molar refractivity (Wildman–Crippen MR) is 87.7 cm³/mol. The summed E-state index contributed by atoms with van der Waals surface area (Å²) in [5, 5.41) is 3.56. The summed E-state index contributed by atoms with van der Waals surface area (Å²) in [6, 6.07) is 7.07. The van der Waals surface area contributed by atoms with Gasteiger partial charge in [0.1, 0.15) is 5.82 Å². The summed E-state index contributed by atoms with van der Waals surface area (Å²) in [6.07, 6.45) is 0. The second-order valence-corrected chi connectivity index (χ2v) is 6.89. The highest BCUT2D eigenvalue weighted by Crippen LogP contribution is 2.27. The second kappa shape index (κ2) is 7.20. The van der Waals surface area contributed by atoms with Crippen molar-refractivity contribution in [1.29, 1.82) is 0 Å². The van der Waals surface area contributed by atoms with E-state index in [1.807, 2.05) is 6.92 Å². The summed E-state index contributed by atoms with van der Waals surface area (Å²) in [5.41, 5.74) is 4.04. The maximum atomic E-state index is 4.41. The van der Waals surface area contributed by atoms with Gasteiger partial charge in [-0.25, -0.2) is 4.98 Å². The van der Waals surface area contributed by atoms with Crippen molar-refractivity contribution in [2.75, 3.05) is 12.3 Å². The first kappa shape index (κ1) is 15.5. The van der Waals surface area contributed by atoms with E-state index >= 15 is 0 Å². The van der Waals surface area contributed by atoms with Gasteiger partial charge in [0, 0.05) is 11.8 Å². The van der Waals surface area contributed by atoms with E-state index in [-0.39, 0.29) is 0 Å².